The summed E-state index contributed by atoms with van der Waals surface area (Å²) in [6.45, 7) is 8.93. The first kappa shape index (κ1) is 28.2. The maximum Gasteiger partial charge on any atom is 0.244 e. The molecule has 2 amide bonds. The lowest BCUT2D eigenvalue weighted by molar-refractivity contribution is -0.139. The van der Waals surface area contributed by atoms with Gasteiger partial charge in [-0.15, -0.1) is 0 Å². The van der Waals surface area contributed by atoms with Crippen LogP contribution in [0.2, 0.25) is 0 Å². The molecule has 0 aliphatic rings. The Bertz CT molecular complexity index is 1150. The minimum absolute atomic E-state index is 0.0542. The molecule has 0 heterocycles. The van der Waals surface area contributed by atoms with Gasteiger partial charge in [0, 0.05) is 12.6 Å². The van der Waals surface area contributed by atoms with Crippen LogP contribution in [0.5, 0.6) is 5.75 Å². The van der Waals surface area contributed by atoms with E-state index in [9.17, 15) is 18.0 Å². The summed E-state index contributed by atoms with van der Waals surface area (Å²) >= 11 is 0. The van der Waals surface area contributed by atoms with Crippen LogP contribution < -0.4 is 14.4 Å². The molecule has 0 unspecified atom stereocenters. The standard InChI is InChI=1S/C26H37N3O5S/c1-8-20(4)27-26(31)21(5)28(16-22-10-9-11-23(15-22)34-6)25(30)17-29(35(7,32)33)24-13-12-18(2)14-19(24)3/h9-15,20-21H,8,16-17H2,1-7H3,(H,27,31)/t20-,21+/m0/s1. The topological polar surface area (TPSA) is 96.0 Å². The van der Waals surface area contributed by atoms with E-state index in [0.29, 0.717) is 11.4 Å². The maximum atomic E-state index is 13.6. The Hall–Kier alpha value is -3.07. The number of carbonyl (C=O) groups is 2. The Labute approximate surface area is 209 Å². The highest BCUT2D eigenvalue weighted by atomic mass is 32.2. The van der Waals surface area contributed by atoms with Gasteiger partial charge in [0.25, 0.3) is 0 Å². The minimum atomic E-state index is -3.77. The van der Waals surface area contributed by atoms with E-state index in [4.69, 9.17) is 4.74 Å². The lowest BCUT2D eigenvalue weighted by Gasteiger charge is -2.32. The summed E-state index contributed by atoms with van der Waals surface area (Å²) in [6, 6.07) is 11.7. The van der Waals surface area contributed by atoms with E-state index in [0.717, 1.165) is 33.7 Å². The van der Waals surface area contributed by atoms with Crippen LogP contribution in [-0.2, 0) is 26.2 Å². The number of benzene rings is 2. The summed E-state index contributed by atoms with van der Waals surface area (Å²) in [6.07, 6.45) is 1.82. The van der Waals surface area contributed by atoms with Crippen LogP contribution in [0.25, 0.3) is 0 Å². The first-order valence-corrected chi connectivity index (χ1v) is 13.5. The number of ether oxygens (including phenoxy) is 1. The van der Waals surface area contributed by atoms with Crippen molar-refractivity contribution in [3.8, 4) is 5.75 Å². The monoisotopic (exact) mass is 503 g/mol. The third kappa shape index (κ3) is 7.71. The van der Waals surface area contributed by atoms with E-state index in [-0.39, 0.29) is 18.5 Å². The highest BCUT2D eigenvalue weighted by Gasteiger charge is 2.31. The van der Waals surface area contributed by atoms with Crippen LogP contribution >= 0.6 is 0 Å². The van der Waals surface area contributed by atoms with Crippen molar-refractivity contribution in [1.82, 2.24) is 10.2 Å². The van der Waals surface area contributed by atoms with E-state index in [1.54, 1.807) is 51.3 Å². The van der Waals surface area contributed by atoms with Gasteiger partial charge in [0.1, 0.15) is 18.3 Å². The van der Waals surface area contributed by atoms with Gasteiger partial charge in [0.15, 0.2) is 0 Å². The normalized spacial score (nSPS) is 13.0. The van der Waals surface area contributed by atoms with Gasteiger partial charge in [0.05, 0.1) is 19.1 Å². The predicted molar refractivity (Wildman–Crippen MR) is 139 cm³/mol. The summed E-state index contributed by atoms with van der Waals surface area (Å²) < 4.78 is 31.8. The molecule has 0 bridgehead atoms. The molecule has 0 aliphatic heterocycles. The zero-order chi connectivity index (χ0) is 26.3. The van der Waals surface area contributed by atoms with Crippen LogP contribution in [0.4, 0.5) is 5.69 Å². The number of carbonyl (C=O) groups excluding carboxylic acids is 2. The Kier molecular flexibility index (Phi) is 9.71. The Morgan fingerprint density at radius 1 is 1.09 bits per heavy atom. The molecule has 2 rings (SSSR count). The van der Waals surface area contributed by atoms with Gasteiger partial charge in [-0.05, 0) is 63.4 Å². The molecular formula is C26H37N3O5S. The van der Waals surface area contributed by atoms with Crippen LogP contribution in [0.3, 0.4) is 0 Å². The molecule has 9 heteroatoms. The predicted octanol–water partition coefficient (Wildman–Crippen LogP) is 3.41. The van der Waals surface area contributed by atoms with Gasteiger partial charge in [-0.1, -0.05) is 36.8 Å². The molecule has 0 fully saturated rings. The summed E-state index contributed by atoms with van der Waals surface area (Å²) in [7, 11) is -2.22. The molecule has 2 atom stereocenters. The smallest absolute Gasteiger partial charge is 0.244 e. The molecule has 0 saturated heterocycles. The van der Waals surface area contributed by atoms with Gasteiger partial charge in [-0.3, -0.25) is 13.9 Å². The molecule has 1 N–H and O–H groups in total. The van der Waals surface area contributed by atoms with Crippen LogP contribution in [0, 0.1) is 13.8 Å². The number of methoxy groups -OCH3 is 1. The molecule has 0 aromatic heterocycles. The first-order chi connectivity index (χ1) is 16.4. The van der Waals surface area contributed by atoms with Crippen LogP contribution in [-0.4, -0.2) is 57.1 Å². The van der Waals surface area contributed by atoms with Gasteiger partial charge >= 0.3 is 0 Å². The highest BCUT2D eigenvalue weighted by molar-refractivity contribution is 7.92. The fraction of sp³-hybridized carbons (Fsp3) is 0.462. The van der Waals surface area contributed by atoms with E-state index in [1.165, 1.54) is 4.90 Å². The third-order valence-electron chi connectivity index (χ3n) is 5.96. The number of anilines is 1. The van der Waals surface area contributed by atoms with Crippen molar-refractivity contribution in [1.29, 1.82) is 0 Å². The molecule has 0 spiro atoms. The molecule has 35 heavy (non-hydrogen) atoms. The molecule has 2 aromatic carbocycles. The van der Waals surface area contributed by atoms with Crippen molar-refractivity contribution in [2.24, 2.45) is 0 Å². The number of aryl methyl sites for hydroxylation is 2. The fourth-order valence-electron chi connectivity index (χ4n) is 3.70. The molecule has 0 saturated carbocycles. The number of sulfonamides is 1. The second-order valence-electron chi connectivity index (χ2n) is 8.93. The number of nitrogens with zero attached hydrogens (tertiary/aromatic N) is 2. The number of rotatable bonds is 11. The minimum Gasteiger partial charge on any atom is -0.497 e. The Balaban J connectivity index is 2.43. The average molecular weight is 504 g/mol. The molecule has 192 valence electrons. The largest absolute Gasteiger partial charge is 0.497 e. The summed E-state index contributed by atoms with van der Waals surface area (Å²) in [5, 5.41) is 2.91. The molecule has 2 aromatic rings. The molecule has 0 radical (unpaired) electrons. The van der Waals surface area contributed by atoms with Crippen molar-refractivity contribution in [3.05, 3.63) is 59.2 Å². The van der Waals surface area contributed by atoms with E-state index in [1.807, 2.05) is 32.9 Å². The van der Waals surface area contributed by atoms with Gasteiger partial charge < -0.3 is 15.0 Å². The van der Waals surface area contributed by atoms with Crippen molar-refractivity contribution in [3.63, 3.8) is 0 Å². The molecule has 0 aliphatic carbocycles. The number of amides is 2. The van der Waals surface area contributed by atoms with Gasteiger partial charge in [-0.25, -0.2) is 8.42 Å². The molecular weight excluding hydrogens is 466 g/mol. The zero-order valence-corrected chi connectivity index (χ0v) is 22.5. The summed E-state index contributed by atoms with van der Waals surface area (Å²) in [5.74, 6) is -0.155. The first-order valence-electron chi connectivity index (χ1n) is 11.6. The average Bonchev–Trinajstić information content (AvgIpc) is 2.80. The quantitative estimate of drug-likeness (QED) is 0.507. The summed E-state index contributed by atoms with van der Waals surface area (Å²) in [4.78, 5) is 28.0. The van der Waals surface area contributed by atoms with Crippen molar-refractivity contribution < 1.29 is 22.7 Å². The second-order valence-corrected chi connectivity index (χ2v) is 10.8. The highest BCUT2D eigenvalue weighted by Crippen LogP contribution is 2.24. The van der Waals surface area contributed by atoms with Gasteiger partial charge in [-0.2, -0.15) is 0 Å². The maximum absolute atomic E-state index is 13.6. The van der Waals surface area contributed by atoms with Crippen molar-refractivity contribution >= 4 is 27.5 Å². The number of nitrogens with one attached hydrogen (secondary N) is 1. The lowest BCUT2D eigenvalue weighted by atomic mass is 10.1. The van der Waals surface area contributed by atoms with E-state index in [2.05, 4.69) is 5.32 Å². The Morgan fingerprint density at radius 3 is 2.34 bits per heavy atom. The third-order valence-corrected chi connectivity index (χ3v) is 7.08. The van der Waals surface area contributed by atoms with Crippen LogP contribution in [0.1, 0.15) is 43.9 Å². The number of hydrogen-bond donors (Lipinski definition) is 1. The van der Waals surface area contributed by atoms with Gasteiger partial charge in [0.2, 0.25) is 21.8 Å². The van der Waals surface area contributed by atoms with Crippen molar-refractivity contribution in [2.45, 2.75) is 59.7 Å². The fourth-order valence-corrected chi connectivity index (χ4v) is 4.60. The van der Waals surface area contributed by atoms with Crippen molar-refractivity contribution in [2.75, 3.05) is 24.2 Å². The lowest BCUT2D eigenvalue weighted by Crippen LogP contribution is -2.52. The van der Waals surface area contributed by atoms with E-state index < -0.39 is 28.5 Å². The zero-order valence-electron chi connectivity index (χ0n) is 21.7. The summed E-state index contributed by atoms with van der Waals surface area (Å²) in [5.41, 5.74) is 2.92. The molecule has 8 nitrogen and oxygen atoms in total. The van der Waals surface area contributed by atoms with Crippen LogP contribution in [0.15, 0.2) is 42.5 Å². The second kappa shape index (κ2) is 12.1. The SMILES string of the molecule is CC[C@H](C)NC(=O)[C@@H](C)N(Cc1cccc(OC)c1)C(=O)CN(c1ccc(C)cc1C)S(C)(=O)=O. The number of hydrogen-bond acceptors (Lipinski definition) is 5. The van der Waals surface area contributed by atoms with E-state index >= 15 is 0 Å². The Morgan fingerprint density at radius 2 is 1.77 bits per heavy atom.